The lowest BCUT2D eigenvalue weighted by Gasteiger charge is -2.22. The zero-order valence-corrected chi connectivity index (χ0v) is 19.0. The number of ether oxygens (including phenoxy) is 4. The highest BCUT2D eigenvalue weighted by molar-refractivity contribution is 5.45. The van der Waals surface area contributed by atoms with Crippen LogP contribution in [0.4, 0.5) is 0 Å². The molecular weight excluding hydrogens is 414 g/mol. The van der Waals surface area contributed by atoms with Crippen molar-refractivity contribution in [3.05, 3.63) is 83.6 Å². The van der Waals surface area contributed by atoms with Crippen LogP contribution in [0, 0.1) is 11.8 Å². The van der Waals surface area contributed by atoms with Crippen LogP contribution in [0.25, 0.3) is 0 Å². The molecule has 33 heavy (non-hydrogen) atoms. The van der Waals surface area contributed by atoms with E-state index < -0.39 is 0 Å². The molecule has 1 unspecified atom stereocenters. The molecule has 1 saturated heterocycles. The zero-order chi connectivity index (χ0) is 22.7. The molecule has 0 bridgehead atoms. The van der Waals surface area contributed by atoms with E-state index in [-0.39, 0.29) is 6.10 Å². The summed E-state index contributed by atoms with van der Waals surface area (Å²) in [5, 5.41) is 0. The van der Waals surface area contributed by atoms with Crippen LogP contribution in [0.2, 0.25) is 0 Å². The summed E-state index contributed by atoms with van der Waals surface area (Å²) in [5.74, 6) is 8.29. The first kappa shape index (κ1) is 22.7. The van der Waals surface area contributed by atoms with Crippen molar-refractivity contribution < 1.29 is 18.9 Å². The van der Waals surface area contributed by atoms with Gasteiger partial charge in [0, 0.05) is 24.3 Å². The number of pyridine rings is 1. The topological polar surface area (TPSA) is 49.8 Å². The lowest BCUT2D eigenvalue weighted by atomic mass is 10.1. The second kappa shape index (κ2) is 11.9. The zero-order valence-electron chi connectivity index (χ0n) is 19.0. The van der Waals surface area contributed by atoms with Crippen molar-refractivity contribution in [3.63, 3.8) is 0 Å². The van der Waals surface area contributed by atoms with Gasteiger partial charge in [-0.15, -0.1) is 0 Å². The fourth-order valence-electron chi connectivity index (χ4n) is 3.50. The maximum atomic E-state index is 6.02. The smallest absolute Gasteiger partial charge is 0.218 e. The van der Waals surface area contributed by atoms with Crippen LogP contribution in [-0.4, -0.2) is 30.9 Å². The summed E-state index contributed by atoms with van der Waals surface area (Å²) in [6.07, 6.45) is 3.39. The molecule has 5 heteroatoms. The van der Waals surface area contributed by atoms with Crippen molar-refractivity contribution in [1.29, 1.82) is 0 Å². The Labute approximate surface area is 195 Å². The summed E-state index contributed by atoms with van der Waals surface area (Å²) in [4.78, 5) is 4.58. The number of aromatic nitrogens is 1. The van der Waals surface area contributed by atoms with Gasteiger partial charge in [-0.2, -0.15) is 0 Å². The average Bonchev–Trinajstić information content (AvgIpc) is 2.87. The summed E-state index contributed by atoms with van der Waals surface area (Å²) in [6.45, 7) is 4.33. The van der Waals surface area contributed by atoms with Crippen molar-refractivity contribution >= 4 is 0 Å². The first-order valence-corrected chi connectivity index (χ1v) is 11.5. The molecule has 2 aromatic carbocycles. The summed E-state index contributed by atoms with van der Waals surface area (Å²) in [5.41, 5.74) is 2.57. The highest BCUT2D eigenvalue weighted by Gasteiger charge is 2.15. The van der Waals surface area contributed by atoms with Gasteiger partial charge >= 0.3 is 0 Å². The second-order valence-electron chi connectivity index (χ2n) is 7.81. The van der Waals surface area contributed by atoms with Crippen LogP contribution < -0.4 is 14.2 Å². The van der Waals surface area contributed by atoms with Crippen molar-refractivity contribution in [2.75, 3.05) is 19.8 Å². The minimum Gasteiger partial charge on any atom is -0.494 e. The SMILES string of the molecule is CCOc1ccc(C#Cc2cc(OCc3ccccc3)cc(OCC3CCCCO3)n2)cc1. The molecule has 0 N–H and O–H groups in total. The molecule has 0 saturated carbocycles. The van der Waals surface area contributed by atoms with E-state index in [2.05, 4.69) is 16.8 Å². The van der Waals surface area contributed by atoms with Gasteiger partial charge in [0.1, 0.15) is 30.4 Å². The summed E-state index contributed by atoms with van der Waals surface area (Å²) >= 11 is 0. The van der Waals surface area contributed by atoms with Crippen molar-refractivity contribution in [3.8, 4) is 29.2 Å². The number of benzene rings is 2. The third-order valence-electron chi connectivity index (χ3n) is 5.22. The van der Waals surface area contributed by atoms with Crippen LogP contribution in [0.1, 0.15) is 43.0 Å². The van der Waals surface area contributed by atoms with E-state index >= 15 is 0 Å². The predicted molar refractivity (Wildman–Crippen MR) is 128 cm³/mol. The molecule has 2 heterocycles. The highest BCUT2D eigenvalue weighted by atomic mass is 16.5. The van der Waals surface area contributed by atoms with E-state index in [9.17, 15) is 0 Å². The monoisotopic (exact) mass is 443 g/mol. The number of hydrogen-bond acceptors (Lipinski definition) is 5. The molecule has 5 nitrogen and oxygen atoms in total. The van der Waals surface area contributed by atoms with Crippen LogP contribution >= 0.6 is 0 Å². The largest absolute Gasteiger partial charge is 0.494 e. The van der Waals surface area contributed by atoms with Crippen LogP contribution in [0.3, 0.4) is 0 Å². The standard InChI is InChI=1S/C28H29NO4/c1-2-30-25-15-12-22(13-16-25)11-14-24-18-27(32-20-23-8-4-3-5-9-23)19-28(29-24)33-21-26-10-6-7-17-31-26/h3-5,8-9,12-13,15-16,18-19,26H,2,6-7,10,17,20-21H2,1H3. The molecule has 1 atom stereocenters. The summed E-state index contributed by atoms with van der Waals surface area (Å²) < 4.78 is 23.3. The van der Waals surface area contributed by atoms with Gasteiger partial charge in [0.25, 0.3) is 0 Å². The van der Waals surface area contributed by atoms with Crippen LogP contribution in [0.5, 0.6) is 17.4 Å². The Balaban J connectivity index is 1.50. The molecule has 170 valence electrons. The van der Waals surface area contributed by atoms with Crippen LogP contribution in [0.15, 0.2) is 66.7 Å². The normalized spacial score (nSPS) is 15.2. The summed E-state index contributed by atoms with van der Waals surface area (Å²) in [7, 11) is 0. The van der Waals surface area contributed by atoms with E-state index in [1.807, 2.05) is 73.7 Å². The van der Waals surface area contributed by atoms with Gasteiger partial charge in [-0.1, -0.05) is 36.3 Å². The number of hydrogen-bond donors (Lipinski definition) is 0. The fourth-order valence-corrected chi connectivity index (χ4v) is 3.50. The number of rotatable bonds is 8. The number of nitrogens with zero attached hydrogens (tertiary/aromatic N) is 1. The Morgan fingerprint density at radius 1 is 0.909 bits per heavy atom. The highest BCUT2D eigenvalue weighted by Crippen LogP contribution is 2.22. The fraction of sp³-hybridized carbons (Fsp3) is 0.321. The minimum atomic E-state index is 0.104. The molecule has 0 radical (unpaired) electrons. The summed E-state index contributed by atoms with van der Waals surface area (Å²) in [6, 6.07) is 21.4. The maximum absolute atomic E-state index is 6.02. The van der Waals surface area contributed by atoms with E-state index in [4.69, 9.17) is 18.9 Å². The minimum absolute atomic E-state index is 0.104. The van der Waals surface area contributed by atoms with E-state index in [0.717, 1.165) is 36.3 Å². The van der Waals surface area contributed by atoms with Crippen molar-refractivity contribution in [1.82, 2.24) is 4.98 Å². The molecule has 1 aliphatic heterocycles. The third kappa shape index (κ3) is 7.27. The Morgan fingerprint density at radius 3 is 2.52 bits per heavy atom. The molecule has 1 aliphatic rings. The third-order valence-corrected chi connectivity index (χ3v) is 5.22. The molecular formula is C28H29NO4. The Kier molecular flexibility index (Phi) is 8.21. The molecule has 0 aliphatic carbocycles. The predicted octanol–water partition coefficient (Wildman–Crippen LogP) is 5.41. The van der Waals surface area contributed by atoms with E-state index in [0.29, 0.717) is 37.1 Å². The van der Waals surface area contributed by atoms with Crippen LogP contribution in [-0.2, 0) is 11.3 Å². The van der Waals surface area contributed by atoms with Gasteiger partial charge in [0.15, 0.2) is 0 Å². The first-order valence-electron chi connectivity index (χ1n) is 11.5. The van der Waals surface area contributed by atoms with Crippen molar-refractivity contribution in [2.45, 2.75) is 38.9 Å². The Morgan fingerprint density at radius 2 is 1.76 bits per heavy atom. The first-order chi connectivity index (χ1) is 16.3. The lowest BCUT2D eigenvalue weighted by molar-refractivity contribution is -0.0120. The molecule has 4 rings (SSSR count). The molecule has 3 aromatic rings. The quantitative estimate of drug-likeness (QED) is 0.436. The van der Waals surface area contributed by atoms with E-state index in [1.54, 1.807) is 0 Å². The molecule has 0 amide bonds. The Hall–Kier alpha value is -3.49. The van der Waals surface area contributed by atoms with Gasteiger partial charge in [-0.25, -0.2) is 4.98 Å². The van der Waals surface area contributed by atoms with Gasteiger partial charge < -0.3 is 18.9 Å². The van der Waals surface area contributed by atoms with Gasteiger partial charge in [-0.3, -0.25) is 0 Å². The average molecular weight is 444 g/mol. The second-order valence-corrected chi connectivity index (χ2v) is 7.81. The molecule has 1 fully saturated rings. The maximum Gasteiger partial charge on any atom is 0.218 e. The molecule has 0 spiro atoms. The van der Waals surface area contributed by atoms with Crippen molar-refractivity contribution in [2.24, 2.45) is 0 Å². The van der Waals surface area contributed by atoms with Gasteiger partial charge in [0.2, 0.25) is 5.88 Å². The van der Waals surface area contributed by atoms with Gasteiger partial charge in [-0.05, 0) is 61.9 Å². The van der Waals surface area contributed by atoms with E-state index in [1.165, 1.54) is 6.42 Å². The lowest BCUT2D eigenvalue weighted by Crippen LogP contribution is -2.26. The Bertz CT molecular complexity index is 1060. The van der Waals surface area contributed by atoms with Gasteiger partial charge in [0.05, 0.1) is 12.7 Å². The molecule has 1 aromatic heterocycles.